The molecule has 2 rings (SSSR count). The van der Waals surface area contributed by atoms with Crippen LogP contribution in [0.3, 0.4) is 0 Å². The summed E-state index contributed by atoms with van der Waals surface area (Å²) in [5, 5.41) is 0. The highest BCUT2D eigenvalue weighted by Crippen LogP contribution is 2.35. The molecule has 2 N–H and O–H groups in total. The fourth-order valence-electron chi connectivity index (χ4n) is 1.89. The first-order valence-corrected chi connectivity index (χ1v) is 5.13. The molecule has 2 unspecified atom stereocenters. The van der Waals surface area contributed by atoms with Crippen LogP contribution < -0.4 is 5.73 Å². The molecule has 2 atom stereocenters. The zero-order valence-corrected chi connectivity index (χ0v) is 8.80. The first-order valence-electron chi connectivity index (χ1n) is 5.13. The fourth-order valence-corrected chi connectivity index (χ4v) is 1.89. The summed E-state index contributed by atoms with van der Waals surface area (Å²) in [5.41, 5.74) is 4.70. The lowest BCUT2D eigenvalue weighted by molar-refractivity contribution is -0.140. The lowest BCUT2D eigenvalue weighted by Crippen LogP contribution is -2.24. The molecule has 1 aliphatic rings. The van der Waals surface area contributed by atoms with Gasteiger partial charge in [-0.3, -0.25) is 0 Å². The number of halogens is 4. The minimum atomic E-state index is -4.71. The Labute approximate surface area is 95.4 Å². The van der Waals surface area contributed by atoms with Crippen molar-refractivity contribution in [3.8, 4) is 0 Å². The Morgan fingerprint density at radius 2 is 2.00 bits per heavy atom. The van der Waals surface area contributed by atoms with E-state index < -0.39 is 23.7 Å². The average molecular weight is 249 g/mol. The van der Waals surface area contributed by atoms with Crippen molar-refractivity contribution in [2.45, 2.75) is 24.7 Å². The highest BCUT2D eigenvalue weighted by molar-refractivity contribution is 5.30. The van der Waals surface area contributed by atoms with E-state index in [2.05, 4.69) is 0 Å². The molecule has 1 aliphatic heterocycles. The van der Waals surface area contributed by atoms with Crippen molar-refractivity contribution < 1.29 is 22.3 Å². The van der Waals surface area contributed by atoms with Crippen molar-refractivity contribution in [2.24, 2.45) is 5.73 Å². The van der Waals surface area contributed by atoms with Gasteiger partial charge in [0.25, 0.3) is 0 Å². The van der Waals surface area contributed by atoms with Gasteiger partial charge >= 0.3 is 6.18 Å². The molecule has 94 valence electrons. The van der Waals surface area contributed by atoms with E-state index in [-0.39, 0.29) is 11.6 Å². The molecule has 0 aliphatic carbocycles. The number of nitrogens with two attached hydrogens (primary N) is 1. The van der Waals surface area contributed by atoms with Gasteiger partial charge < -0.3 is 10.5 Å². The predicted octanol–water partition coefficient (Wildman–Crippen LogP) is 2.63. The standard InChI is InChI=1S/C11H11F4NO/c12-8-2-1-6(5-7(8)11(13,14)15)10-9(16)3-4-17-10/h1-2,5,9-10H,3-4,16H2. The lowest BCUT2D eigenvalue weighted by atomic mass is 10.0. The van der Waals surface area contributed by atoms with Gasteiger partial charge in [0, 0.05) is 12.6 Å². The number of hydrogen-bond acceptors (Lipinski definition) is 2. The van der Waals surface area contributed by atoms with Crippen LogP contribution in [0.15, 0.2) is 18.2 Å². The molecule has 1 fully saturated rings. The van der Waals surface area contributed by atoms with Crippen LogP contribution in [0.5, 0.6) is 0 Å². The zero-order valence-electron chi connectivity index (χ0n) is 8.80. The van der Waals surface area contributed by atoms with Crippen molar-refractivity contribution in [1.82, 2.24) is 0 Å². The van der Waals surface area contributed by atoms with Gasteiger partial charge in [0.1, 0.15) is 5.82 Å². The molecule has 0 radical (unpaired) electrons. The Bertz CT molecular complexity index is 418. The second kappa shape index (κ2) is 4.27. The van der Waals surface area contributed by atoms with E-state index in [4.69, 9.17) is 10.5 Å². The molecule has 0 aromatic heterocycles. The quantitative estimate of drug-likeness (QED) is 0.776. The maximum Gasteiger partial charge on any atom is 0.419 e. The third-order valence-electron chi connectivity index (χ3n) is 2.76. The second-order valence-electron chi connectivity index (χ2n) is 3.98. The molecule has 0 saturated carbocycles. The summed E-state index contributed by atoms with van der Waals surface area (Å²) < 4.78 is 55.8. The molecule has 17 heavy (non-hydrogen) atoms. The Balaban J connectivity index is 2.37. The van der Waals surface area contributed by atoms with Gasteiger partial charge in [-0.05, 0) is 24.1 Å². The van der Waals surface area contributed by atoms with Crippen LogP contribution in [0.1, 0.15) is 23.7 Å². The minimum Gasteiger partial charge on any atom is -0.372 e. The van der Waals surface area contributed by atoms with Crippen LogP contribution in [0.2, 0.25) is 0 Å². The Kier molecular flexibility index (Phi) is 3.09. The topological polar surface area (TPSA) is 35.2 Å². The molecular weight excluding hydrogens is 238 g/mol. The Morgan fingerprint density at radius 1 is 1.29 bits per heavy atom. The van der Waals surface area contributed by atoms with Gasteiger partial charge in [0.15, 0.2) is 0 Å². The summed E-state index contributed by atoms with van der Waals surface area (Å²) in [6.07, 6.45) is -4.71. The molecule has 0 bridgehead atoms. The summed E-state index contributed by atoms with van der Waals surface area (Å²) in [5.74, 6) is -1.28. The van der Waals surface area contributed by atoms with E-state index in [9.17, 15) is 17.6 Å². The summed E-state index contributed by atoms with van der Waals surface area (Å²) >= 11 is 0. The monoisotopic (exact) mass is 249 g/mol. The average Bonchev–Trinajstić information content (AvgIpc) is 2.63. The van der Waals surface area contributed by atoms with E-state index in [1.807, 2.05) is 0 Å². The van der Waals surface area contributed by atoms with Gasteiger partial charge in [-0.15, -0.1) is 0 Å². The van der Waals surface area contributed by atoms with Gasteiger partial charge in [0.05, 0.1) is 11.7 Å². The summed E-state index contributed by atoms with van der Waals surface area (Å²) in [4.78, 5) is 0. The normalized spacial score (nSPS) is 25.2. The first-order chi connectivity index (χ1) is 7.89. The first kappa shape index (κ1) is 12.3. The fraction of sp³-hybridized carbons (Fsp3) is 0.455. The number of hydrogen-bond donors (Lipinski definition) is 1. The van der Waals surface area contributed by atoms with Crippen molar-refractivity contribution in [1.29, 1.82) is 0 Å². The highest BCUT2D eigenvalue weighted by Gasteiger charge is 2.36. The van der Waals surface area contributed by atoms with E-state index in [0.29, 0.717) is 13.0 Å². The van der Waals surface area contributed by atoms with E-state index >= 15 is 0 Å². The molecule has 0 spiro atoms. The molecule has 1 aromatic rings. The summed E-state index contributed by atoms with van der Waals surface area (Å²) in [7, 11) is 0. The largest absolute Gasteiger partial charge is 0.419 e. The van der Waals surface area contributed by atoms with Crippen molar-refractivity contribution in [3.05, 3.63) is 35.1 Å². The summed E-state index contributed by atoms with van der Waals surface area (Å²) in [6, 6.07) is 2.50. The predicted molar refractivity (Wildman–Crippen MR) is 52.7 cm³/mol. The van der Waals surface area contributed by atoms with Gasteiger partial charge in [-0.25, -0.2) is 4.39 Å². The molecule has 1 heterocycles. The van der Waals surface area contributed by atoms with Gasteiger partial charge in [-0.2, -0.15) is 13.2 Å². The number of alkyl halides is 3. The molecule has 6 heteroatoms. The van der Waals surface area contributed by atoms with E-state index in [0.717, 1.165) is 12.1 Å². The van der Waals surface area contributed by atoms with Crippen molar-refractivity contribution in [2.75, 3.05) is 6.61 Å². The molecule has 1 aromatic carbocycles. The maximum atomic E-state index is 13.1. The molecule has 1 saturated heterocycles. The third kappa shape index (κ3) is 2.42. The van der Waals surface area contributed by atoms with Crippen LogP contribution in [-0.2, 0) is 10.9 Å². The van der Waals surface area contributed by atoms with Crippen LogP contribution >= 0.6 is 0 Å². The van der Waals surface area contributed by atoms with Crippen LogP contribution in [0.4, 0.5) is 17.6 Å². The smallest absolute Gasteiger partial charge is 0.372 e. The Hall–Kier alpha value is -1.14. The third-order valence-corrected chi connectivity index (χ3v) is 2.76. The lowest BCUT2D eigenvalue weighted by Gasteiger charge is -2.17. The van der Waals surface area contributed by atoms with Crippen LogP contribution in [0, 0.1) is 5.82 Å². The van der Waals surface area contributed by atoms with Crippen molar-refractivity contribution in [3.63, 3.8) is 0 Å². The summed E-state index contributed by atoms with van der Waals surface area (Å²) in [6.45, 7) is 0.407. The number of benzene rings is 1. The maximum absolute atomic E-state index is 13.1. The second-order valence-corrected chi connectivity index (χ2v) is 3.98. The van der Waals surface area contributed by atoms with E-state index in [1.54, 1.807) is 0 Å². The number of rotatable bonds is 1. The van der Waals surface area contributed by atoms with Crippen LogP contribution in [0.25, 0.3) is 0 Å². The molecular formula is C11H11F4NO. The zero-order chi connectivity index (χ0) is 12.6. The van der Waals surface area contributed by atoms with Crippen molar-refractivity contribution >= 4 is 0 Å². The molecule has 2 nitrogen and oxygen atoms in total. The Morgan fingerprint density at radius 3 is 2.53 bits per heavy atom. The van der Waals surface area contributed by atoms with Gasteiger partial charge in [0.2, 0.25) is 0 Å². The van der Waals surface area contributed by atoms with Gasteiger partial charge in [-0.1, -0.05) is 6.07 Å². The molecule has 0 amide bonds. The number of ether oxygens (including phenoxy) is 1. The highest BCUT2D eigenvalue weighted by atomic mass is 19.4. The SMILES string of the molecule is NC1CCOC1c1ccc(F)c(C(F)(F)F)c1. The minimum absolute atomic E-state index is 0.267. The van der Waals surface area contributed by atoms with E-state index in [1.165, 1.54) is 6.07 Å². The van der Waals surface area contributed by atoms with Crippen LogP contribution in [-0.4, -0.2) is 12.6 Å².